The van der Waals surface area contributed by atoms with E-state index in [0.29, 0.717) is 6.54 Å². The first-order valence-electron chi connectivity index (χ1n) is 7.30. The molecule has 21 heavy (non-hydrogen) atoms. The van der Waals surface area contributed by atoms with Crippen molar-refractivity contribution in [3.05, 3.63) is 42.2 Å². The molecule has 2 rings (SSSR count). The third kappa shape index (κ3) is 3.58. The fourth-order valence-corrected chi connectivity index (χ4v) is 2.42. The van der Waals surface area contributed by atoms with Crippen LogP contribution in [0.15, 0.2) is 36.7 Å². The lowest BCUT2D eigenvalue weighted by Gasteiger charge is -2.22. The van der Waals surface area contributed by atoms with Gasteiger partial charge in [0.2, 0.25) is 0 Å². The molecule has 1 aromatic heterocycles. The molecule has 0 fully saturated rings. The van der Waals surface area contributed by atoms with Crippen LogP contribution in [0.4, 0.5) is 0 Å². The molecule has 1 aromatic carbocycles. The minimum atomic E-state index is -0.293. The number of carbonyl (C=O) groups excluding carboxylic acids is 1. The van der Waals surface area contributed by atoms with Crippen LogP contribution in [0.5, 0.6) is 0 Å². The molecule has 0 bridgehead atoms. The third-order valence-electron chi connectivity index (χ3n) is 3.93. The molecule has 0 radical (unpaired) electrons. The topological polar surface area (TPSA) is 51.2 Å². The van der Waals surface area contributed by atoms with Crippen LogP contribution in [0.2, 0.25) is 0 Å². The van der Waals surface area contributed by atoms with E-state index in [0.717, 1.165) is 22.8 Å². The summed E-state index contributed by atoms with van der Waals surface area (Å²) in [7, 11) is 1.43. The molecule has 0 spiro atoms. The second-order valence-electron chi connectivity index (χ2n) is 5.29. The quantitative estimate of drug-likeness (QED) is 0.830. The predicted molar refractivity (Wildman–Crippen MR) is 83.8 cm³/mol. The molecule has 0 saturated carbocycles. The number of nitrogens with zero attached hydrogens (tertiary/aromatic N) is 1. The number of nitrogens with one attached hydrogen (secondary N) is 1. The van der Waals surface area contributed by atoms with Gasteiger partial charge in [-0.05, 0) is 16.9 Å². The SMILES string of the molecule is CCC(C)C(NCc1cncc2ccccc12)C(=O)OC. The zero-order valence-electron chi connectivity index (χ0n) is 12.8. The summed E-state index contributed by atoms with van der Waals surface area (Å²) in [6.07, 6.45) is 4.62. The summed E-state index contributed by atoms with van der Waals surface area (Å²) in [4.78, 5) is 16.2. The van der Waals surface area contributed by atoms with Crippen LogP contribution < -0.4 is 5.32 Å². The van der Waals surface area contributed by atoms with E-state index in [-0.39, 0.29) is 17.9 Å². The third-order valence-corrected chi connectivity index (χ3v) is 3.93. The van der Waals surface area contributed by atoms with Gasteiger partial charge in [0.15, 0.2) is 0 Å². The summed E-state index contributed by atoms with van der Waals surface area (Å²) in [6.45, 7) is 4.72. The number of aromatic nitrogens is 1. The van der Waals surface area contributed by atoms with Crippen LogP contribution in [-0.4, -0.2) is 24.1 Å². The summed E-state index contributed by atoms with van der Waals surface area (Å²) in [6, 6.07) is 7.83. The molecule has 1 N–H and O–H groups in total. The van der Waals surface area contributed by atoms with Crippen LogP contribution in [0.3, 0.4) is 0 Å². The van der Waals surface area contributed by atoms with E-state index in [4.69, 9.17) is 4.74 Å². The molecule has 2 unspecified atom stereocenters. The van der Waals surface area contributed by atoms with Crippen molar-refractivity contribution in [1.82, 2.24) is 10.3 Å². The lowest BCUT2D eigenvalue weighted by molar-refractivity contribution is -0.144. The van der Waals surface area contributed by atoms with Gasteiger partial charge in [-0.15, -0.1) is 0 Å². The van der Waals surface area contributed by atoms with Crippen molar-refractivity contribution in [1.29, 1.82) is 0 Å². The first kappa shape index (κ1) is 15.4. The molecule has 0 aliphatic rings. The molecule has 0 saturated heterocycles. The van der Waals surface area contributed by atoms with Crippen molar-refractivity contribution in [2.45, 2.75) is 32.9 Å². The number of ether oxygens (including phenoxy) is 1. The highest BCUT2D eigenvalue weighted by molar-refractivity contribution is 5.84. The van der Waals surface area contributed by atoms with E-state index in [2.05, 4.69) is 30.2 Å². The molecule has 0 amide bonds. The number of fused-ring (bicyclic) bond motifs is 1. The zero-order chi connectivity index (χ0) is 15.2. The number of methoxy groups -OCH3 is 1. The van der Waals surface area contributed by atoms with Crippen molar-refractivity contribution in [2.75, 3.05) is 7.11 Å². The van der Waals surface area contributed by atoms with Crippen LogP contribution >= 0.6 is 0 Å². The largest absolute Gasteiger partial charge is 0.468 e. The molecule has 0 aliphatic heterocycles. The summed E-state index contributed by atoms with van der Waals surface area (Å²) >= 11 is 0. The summed E-state index contributed by atoms with van der Waals surface area (Å²) in [5.41, 5.74) is 1.09. The van der Waals surface area contributed by atoms with Crippen LogP contribution in [0.1, 0.15) is 25.8 Å². The van der Waals surface area contributed by atoms with Crippen LogP contribution in [0, 0.1) is 5.92 Å². The van der Waals surface area contributed by atoms with Gasteiger partial charge in [0, 0.05) is 24.3 Å². The van der Waals surface area contributed by atoms with Crippen molar-refractivity contribution >= 4 is 16.7 Å². The van der Waals surface area contributed by atoms with E-state index < -0.39 is 0 Å². The van der Waals surface area contributed by atoms with Crippen LogP contribution in [-0.2, 0) is 16.1 Å². The number of hydrogen-bond acceptors (Lipinski definition) is 4. The molecule has 0 aliphatic carbocycles. The smallest absolute Gasteiger partial charge is 0.323 e. The van der Waals surface area contributed by atoms with Gasteiger partial charge in [-0.25, -0.2) is 0 Å². The molecular weight excluding hydrogens is 264 g/mol. The molecular formula is C17H22N2O2. The Labute approximate surface area is 125 Å². The number of pyridine rings is 1. The van der Waals surface area contributed by atoms with Crippen molar-refractivity contribution < 1.29 is 9.53 Å². The monoisotopic (exact) mass is 286 g/mol. The Morgan fingerprint density at radius 2 is 2.10 bits per heavy atom. The van der Waals surface area contributed by atoms with Crippen LogP contribution in [0.25, 0.3) is 10.8 Å². The Kier molecular flexibility index (Phi) is 5.28. The van der Waals surface area contributed by atoms with E-state index in [1.54, 1.807) is 0 Å². The standard InChI is InChI=1S/C17H22N2O2/c1-4-12(2)16(17(20)21-3)19-11-14-10-18-9-13-7-5-6-8-15(13)14/h5-10,12,16,19H,4,11H2,1-3H3. The molecule has 1 heterocycles. The maximum atomic E-state index is 11.9. The van der Waals surface area contributed by atoms with E-state index in [1.165, 1.54) is 7.11 Å². The maximum Gasteiger partial charge on any atom is 0.323 e. The highest BCUT2D eigenvalue weighted by Crippen LogP contribution is 2.18. The summed E-state index contributed by atoms with van der Waals surface area (Å²) < 4.78 is 4.89. The van der Waals surface area contributed by atoms with Gasteiger partial charge in [-0.3, -0.25) is 15.1 Å². The van der Waals surface area contributed by atoms with Crippen molar-refractivity contribution in [3.8, 4) is 0 Å². The van der Waals surface area contributed by atoms with Gasteiger partial charge in [-0.2, -0.15) is 0 Å². The molecule has 4 nitrogen and oxygen atoms in total. The normalized spacial score (nSPS) is 13.9. The number of benzene rings is 1. The average molecular weight is 286 g/mol. The van der Waals surface area contributed by atoms with Gasteiger partial charge in [-0.1, -0.05) is 44.5 Å². The molecule has 112 valence electrons. The summed E-state index contributed by atoms with van der Waals surface area (Å²) in [5, 5.41) is 5.58. The first-order valence-corrected chi connectivity index (χ1v) is 7.30. The zero-order valence-corrected chi connectivity index (χ0v) is 12.8. The van der Waals surface area contributed by atoms with Gasteiger partial charge in [0.1, 0.15) is 6.04 Å². The second-order valence-corrected chi connectivity index (χ2v) is 5.29. The summed E-state index contributed by atoms with van der Waals surface area (Å²) in [5.74, 6) is 0.0120. The van der Waals surface area contributed by atoms with E-state index in [9.17, 15) is 4.79 Å². The second kappa shape index (κ2) is 7.18. The van der Waals surface area contributed by atoms with Gasteiger partial charge >= 0.3 is 5.97 Å². The van der Waals surface area contributed by atoms with E-state index >= 15 is 0 Å². The Morgan fingerprint density at radius 3 is 2.81 bits per heavy atom. The maximum absolute atomic E-state index is 11.9. The predicted octanol–water partition coefficient (Wildman–Crippen LogP) is 2.91. The molecule has 2 aromatic rings. The van der Waals surface area contributed by atoms with Gasteiger partial charge < -0.3 is 4.74 Å². The first-order chi connectivity index (χ1) is 10.2. The average Bonchev–Trinajstić information content (AvgIpc) is 2.54. The molecule has 4 heteroatoms. The molecule has 2 atom stereocenters. The fourth-order valence-electron chi connectivity index (χ4n) is 2.42. The van der Waals surface area contributed by atoms with E-state index in [1.807, 2.05) is 30.6 Å². The highest BCUT2D eigenvalue weighted by atomic mass is 16.5. The minimum absolute atomic E-state index is 0.211. The highest BCUT2D eigenvalue weighted by Gasteiger charge is 2.24. The number of rotatable bonds is 6. The Hall–Kier alpha value is -1.94. The van der Waals surface area contributed by atoms with Crippen molar-refractivity contribution in [2.24, 2.45) is 5.92 Å². The van der Waals surface area contributed by atoms with Gasteiger partial charge in [0.05, 0.1) is 7.11 Å². The minimum Gasteiger partial charge on any atom is -0.468 e. The lowest BCUT2D eigenvalue weighted by Crippen LogP contribution is -2.42. The lowest BCUT2D eigenvalue weighted by atomic mass is 9.98. The Morgan fingerprint density at radius 1 is 1.33 bits per heavy atom. The number of carbonyl (C=O) groups is 1. The van der Waals surface area contributed by atoms with Crippen molar-refractivity contribution in [3.63, 3.8) is 0 Å². The number of esters is 1. The number of hydrogen-bond donors (Lipinski definition) is 1. The Bertz CT molecular complexity index is 607. The van der Waals surface area contributed by atoms with Gasteiger partial charge in [0.25, 0.3) is 0 Å². The fraction of sp³-hybridized carbons (Fsp3) is 0.412. The Balaban J connectivity index is 2.17.